The molecule has 0 aliphatic rings. The van der Waals surface area contributed by atoms with Gasteiger partial charge in [-0.25, -0.2) is 4.68 Å². The van der Waals surface area contributed by atoms with Crippen molar-refractivity contribution in [2.75, 3.05) is 0 Å². The summed E-state index contributed by atoms with van der Waals surface area (Å²) in [5, 5.41) is 14.7. The van der Waals surface area contributed by atoms with E-state index in [1.165, 1.54) is 0 Å². The fourth-order valence-electron chi connectivity index (χ4n) is 2.05. The van der Waals surface area contributed by atoms with Gasteiger partial charge in [0.1, 0.15) is 0 Å². The Morgan fingerprint density at radius 1 is 1.25 bits per heavy atom. The maximum absolute atomic E-state index is 4.41. The highest BCUT2D eigenvalue weighted by atomic mass is 15.3. The van der Waals surface area contributed by atoms with Crippen LogP contribution in [0.3, 0.4) is 0 Å². The fraction of sp³-hybridized carbons (Fsp3) is 0.200. The summed E-state index contributed by atoms with van der Waals surface area (Å²) in [5.74, 6) is 0. The van der Waals surface area contributed by atoms with Gasteiger partial charge in [0, 0.05) is 36.2 Å². The van der Waals surface area contributed by atoms with E-state index in [1.807, 2.05) is 47.3 Å². The van der Waals surface area contributed by atoms with E-state index < -0.39 is 0 Å². The van der Waals surface area contributed by atoms with Crippen molar-refractivity contribution in [2.45, 2.75) is 19.5 Å². The summed E-state index contributed by atoms with van der Waals surface area (Å²) in [6.07, 6.45) is 5.71. The Kier molecular flexibility index (Phi) is 3.60. The van der Waals surface area contributed by atoms with Crippen LogP contribution in [-0.2, 0) is 6.54 Å². The lowest BCUT2D eigenvalue weighted by molar-refractivity contribution is 0.567. The van der Waals surface area contributed by atoms with Gasteiger partial charge in [-0.05, 0) is 25.1 Å². The zero-order valence-electron chi connectivity index (χ0n) is 11.3. The Hall–Kier alpha value is -2.40. The standard InChI is InChI=1S/C15H17N5/c1-12(16-10-14-7-8-17-19-14)13-9-18-20(11-13)15-5-3-2-4-6-15/h2-9,11-12,16H,10H2,1H3,(H,17,19). The Labute approximate surface area is 117 Å². The van der Waals surface area contributed by atoms with Crippen LogP contribution in [0.25, 0.3) is 5.69 Å². The number of H-pyrrole nitrogens is 1. The van der Waals surface area contributed by atoms with Gasteiger partial charge in [-0.3, -0.25) is 5.10 Å². The molecule has 0 saturated heterocycles. The Morgan fingerprint density at radius 3 is 2.85 bits per heavy atom. The molecular weight excluding hydrogens is 250 g/mol. The number of aromatic nitrogens is 4. The van der Waals surface area contributed by atoms with E-state index in [4.69, 9.17) is 0 Å². The Balaban J connectivity index is 1.67. The van der Waals surface area contributed by atoms with Crippen molar-refractivity contribution >= 4 is 0 Å². The van der Waals surface area contributed by atoms with Gasteiger partial charge in [-0.15, -0.1) is 0 Å². The molecule has 0 aliphatic heterocycles. The number of benzene rings is 1. The summed E-state index contributed by atoms with van der Waals surface area (Å²) in [4.78, 5) is 0. The molecule has 5 nitrogen and oxygen atoms in total. The van der Waals surface area contributed by atoms with Gasteiger partial charge in [-0.2, -0.15) is 10.2 Å². The van der Waals surface area contributed by atoms with Crippen molar-refractivity contribution < 1.29 is 0 Å². The molecule has 0 radical (unpaired) electrons. The number of hydrogen-bond donors (Lipinski definition) is 2. The minimum absolute atomic E-state index is 0.232. The Morgan fingerprint density at radius 2 is 2.10 bits per heavy atom. The van der Waals surface area contributed by atoms with Crippen molar-refractivity contribution in [1.82, 2.24) is 25.3 Å². The smallest absolute Gasteiger partial charge is 0.0645 e. The quantitative estimate of drug-likeness (QED) is 0.746. The molecule has 0 aliphatic carbocycles. The number of para-hydroxylation sites is 1. The predicted octanol–water partition coefficient (Wildman–Crippen LogP) is 2.45. The molecule has 3 rings (SSSR count). The second-order valence-corrected chi connectivity index (χ2v) is 4.74. The minimum Gasteiger partial charge on any atom is -0.304 e. The number of nitrogens with zero attached hydrogens (tertiary/aromatic N) is 3. The minimum atomic E-state index is 0.232. The molecule has 1 atom stereocenters. The summed E-state index contributed by atoms with van der Waals surface area (Å²) in [6.45, 7) is 2.89. The highest BCUT2D eigenvalue weighted by molar-refractivity contribution is 5.31. The molecule has 0 fully saturated rings. The van der Waals surface area contributed by atoms with Crippen LogP contribution >= 0.6 is 0 Å². The van der Waals surface area contributed by atoms with Crippen LogP contribution in [0.15, 0.2) is 55.0 Å². The average molecular weight is 267 g/mol. The molecule has 2 N–H and O–H groups in total. The first-order valence-corrected chi connectivity index (χ1v) is 6.64. The van der Waals surface area contributed by atoms with Crippen molar-refractivity contribution in [3.05, 3.63) is 66.2 Å². The van der Waals surface area contributed by atoms with E-state index in [0.717, 1.165) is 23.5 Å². The van der Waals surface area contributed by atoms with E-state index in [9.17, 15) is 0 Å². The van der Waals surface area contributed by atoms with Crippen LogP contribution in [0.5, 0.6) is 0 Å². The molecule has 1 aromatic carbocycles. The third-order valence-electron chi connectivity index (χ3n) is 3.28. The monoisotopic (exact) mass is 267 g/mol. The summed E-state index contributed by atoms with van der Waals surface area (Å²) in [6, 6.07) is 12.3. The van der Waals surface area contributed by atoms with Crippen LogP contribution < -0.4 is 5.32 Å². The number of hydrogen-bond acceptors (Lipinski definition) is 3. The van der Waals surface area contributed by atoms with Crippen molar-refractivity contribution in [2.24, 2.45) is 0 Å². The van der Waals surface area contributed by atoms with Crippen LogP contribution in [0.1, 0.15) is 24.2 Å². The molecule has 20 heavy (non-hydrogen) atoms. The zero-order valence-corrected chi connectivity index (χ0v) is 11.3. The Bertz CT molecular complexity index is 642. The summed E-state index contributed by atoms with van der Waals surface area (Å²) in [5.41, 5.74) is 3.31. The normalized spacial score (nSPS) is 12.4. The zero-order chi connectivity index (χ0) is 13.8. The molecule has 2 aromatic heterocycles. The number of rotatable bonds is 5. The molecule has 2 heterocycles. The highest BCUT2D eigenvalue weighted by Gasteiger charge is 2.08. The first-order valence-electron chi connectivity index (χ1n) is 6.64. The SMILES string of the molecule is CC(NCc1ccn[nH]1)c1cnn(-c2ccccc2)c1. The van der Waals surface area contributed by atoms with Crippen molar-refractivity contribution in [3.8, 4) is 5.69 Å². The van der Waals surface area contributed by atoms with Crippen LogP contribution in [0, 0.1) is 0 Å². The third-order valence-corrected chi connectivity index (χ3v) is 3.28. The van der Waals surface area contributed by atoms with E-state index in [2.05, 4.69) is 33.7 Å². The van der Waals surface area contributed by atoms with E-state index in [1.54, 1.807) is 6.20 Å². The molecule has 0 amide bonds. The van der Waals surface area contributed by atoms with Gasteiger partial charge < -0.3 is 5.32 Å². The van der Waals surface area contributed by atoms with Gasteiger partial charge in [0.2, 0.25) is 0 Å². The summed E-state index contributed by atoms with van der Waals surface area (Å²) >= 11 is 0. The largest absolute Gasteiger partial charge is 0.304 e. The maximum Gasteiger partial charge on any atom is 0.0645 e. The molecule has 3 aromatic rings. The van der Waals surface area contributed by atoms with Crippen LogP contribution in [0.2, 0.25) is 0 Å². The van der Waals surface area contributed by atoms with E-state index in [-0.39, 0.29) is 6.04 Å². The first kappa shape index (κ1) is 12.6. The molecule has 5 heteroatoms. The van der Waals surface area contributed by atoms with Crippen LogP contribution in [-0.4, -0.2) is 20.0 Å². The number of nitrogens with one attached hydrogen (secondary N) is 2. The predicted molar refractivity (Wildman–Crippen MR) is 77.4 cm³/mol. The fourth-order valence-corrected chi connectivity index (χ4v) is 2.05. The van der Waals surface area contributed by atoms with E-state index in [0.29, 0.717) is 0 Å². The lowest BCUT2D eigenvalue weighted by Crippen LogP contribution is -2.17. The van der Waals surface area contributed by atoms with E-state index >= 15 is 0 Å². The third kappa shape index (κ3) is 2.78. The highest BCUT2D eigenvalue weighted by Crippen LogP contribution is 2.14. The summed E-state index contributed by atoms with van der Waals surface area (Å²) in [7, 11) is 0. The molecule has 102 valence electrons. The second-order valence-electron chi connectivity index (χ2n) is 4.74. The molecule has 0 spiro atoms. The van der Waals surface area contributed by atoms with Crippen molar-refractivity contribution in [3.63, 3.8) is 0 Å². The van der Waals surface area contributed by atoms with Crippen molar-refractivity contribution in [1.29, 1.82) is 0 Å². The molecule has 0 bridgehead atoms. The van der Waals surface area contributed by atoms with Gasteiger partial charge in [0.15, 0.2) is 0 Å². The summed E-state index contributed by atoms with van der Waals surface area (Å²) < 4.78 is 1.89. The topological polar surface area (TPSA) is 58.5 Å². The average Bonchev–Trinajstić information content (AvgIpc) is 3.17. The maximum atomic E-state index is 4.41. The second kappa shape index (κ2) is 5.71. The molecular formula is C15H17N5. The van der Waals surface area contributed by atoms with Gasteiger partial charge in [0.05, 0.1) is 11.9 Å². The lowest BCUT2D eigenvalue weighted by atomic mass is 10.2. The first-order chi connectivity index (χ1) is 9.83. The van der Waals surface area contributed by atoms with Crippen LogP contribution in [0.4, 0.5) is 0 Å². The molecule has 1 unspecified atom stereocenters. The van der Waals surface area contributed by atoms with Gasteiger partial charge in [-0.1, -0.05) is 18.2 Å². The molecule has 0 saturated carbocycles. The van der Waals surface area contributed by atoms with Gasteiger partial charge in [0.25, 0.3) is 0 Å². The lowest BCUT2D eigenvalue weighted by Gasteiger charge is -2.10. The van der Waals surface area contributed by atoms with Gasteiger partial charge >= 0.3 is 0 Å². The number of aromatic amines is 1.